The molecule has 0 radical (unpaired) electrons. The van der Waals surface area contributed by atoms with Gasteiger partial charge in [0.2, 0.25) is 0 Å². The molecule has 1 rings (SSSR count). The molecule has 1 aromatic carbocycles. The first kappa shape index (κ1) is 20.1. The Morgan fingerprint density at radius 1 is 0.826 bits per heavy atom. The lowest BCUT2D eigenvalue weighted by Crippen LogP contribution is -2.19. The minimum Gasteiger partial charge on any atom is -0.380 e. The van der Waals surface area contributed by atoms with E-state index in [0.29, 0.717) is 0 Å². The molecule has 0 bridgehead atoms. The van der Waals surface area contributed by atoms with Crippen LogP contribution in [0.3, 0.4) is 0 Å². The molecule has 0 fully saturated rings. The summed E-state index contributed by atoms with van der Waals surface area (Å²) in [4.78, 5) is 0. The van der Waals surface area contributed by atoms with Crippen LogP contribution in [0, 0.1) is 5.82 Å². The van der Waals surface area contributed by atoms with Gasteiger partial charge < -0.3 is 10.1 Å². The number of ether oxygens (including phenoxy) is 1. The monoisotopic (exact) mass is 323 g/mol. The average molecular weight is 323 g/mol. The van der Waals surface area contributed by atoms with Gasteiger partial charge in [0.15, 0.2) is 0 Å². The minimum atomic E-state index is -0.182. The SMILES string of the molecule is CCCCCCCCCCCOCCNCc1ccc(F)cc1. The van der Waals surface area contributed by atoms with E-state index in [1.54, 1.807) is 0 Å². The largest absolute Gasteiger partial charge is 0.380 e. The van der Waals surface area contributed by atoms with E-state index in [9.17, 15) is 4.39 Å². The normalized spacial score (nSPS) is 11.0. The fourth-order valence-corrected chi connectivity index (χ4v) is 2.60. The zero-order valence-electron chi connectivity index (χ0n) is 14.8. The topological polar surface area (TPSA) is 21.3 Å². The lowest BCUT2D eigenvalue weighted by molar-refractivity contribution is 0.131. The first-order valence-electron chi connectivity index (χ1n) is 9.36. The summed E-state index contributed by atoms with van der Waals surface area (Å²) in [5.41, 5.74) is 1.10. The standard InChI is InChI=1S/C20H34FNO/c1-2-3-4-5-6-7-8-9-10-16-23-17-15-22-18-19-11-13-20(21)14-12-19/h11-14,22H,2-10,15-18H2,1H3. The molecule has 1 aromatic rings. The van der Waals surface area contributed by atoms with Crippen molar-refractivity contribution >= 4 is 0 Å². The number of hydrogen-bond donors (Lipinski definition) is 1. The van der Waals surface area contributed by atoms with E-state index < -0.39 is 0 Å². The number of hydrogen-bond acceptors (Lipinski definition) is 2. The van der Waals surface area contributed by atoms with Crippen LogP contribution in [0.5, 0.6) is 0 Å². The van der Waals surface area contributed by atoms with Gasteiger partial charge in [-0.1, -0.05) is 70.4 Å². The van der Waals surface area contributed by atoms with Crippen LogP contribution in [0.25, 0.3) is 0 Å². The molecule has 0 aliphatic carbocycles. The van der Waals surface area contributed by atoms with Crippen LogP contribution in [-0.2, 0) is 11.3 Å². The second kappa shape index (κ2) is 14.6. The fraction of sp³-hybridized carbons (Fsp3) is 0.700. The molecule has 0 saturated heterocycles. The first-order chi connectivity index (χ1) is 11.3. The lowest BCUT2D eigenvalue weighted by Gasteiger charge is -2.06. The molecular weight excluding hydrogens is 289 g/mol. The third-order valence-electron chi connectivity index (χ3n) is 4.06. The number of nitrogens with one attached hydrogen (secondary N) is 1. The highest BCUT2D eigenvalue weighted by Crippen LogP contribution is 2.09. The predicted molar refractivity (Wildman–Crippen MR) is 96.2 cm³/mol. The number of unbranched alkanes of at least 4 members (excludes halogenated alkanes) is 8. The molecule has 0 unspecified atom stereocenters. The average Bonchev–Trinajstić information content (AvgIpc) is 2.57. The van der Waals surface area contributed by atoms with Gasteiger partial charge in [-0.05, 0) is 24.1 Å². The second-order valence-electron chi connectivity index (χ2n) is 6.24. The van der Waals surface area contributed by atoms with Gasteiger partial charge in [0.05, 0.1) is 6.61 Å². The summed E-state index contributed by atoms with van der Waals surface area (Å²) in [5, 5.41) is 3.31. The van der Waals surface area contributed by atoms with Gasteiger partial charge >= 0.3 is 0 Å². The first-order valence-corrected chi connectivity index (χ1v) is 9.36. The van der Waals surface area contributed by atoms with Crippen molar-refractivity contribution in [3.63, 3.8) is 0 Å². The lowest BCUT2D eigenvalue weighted by atomic mass is 10.1. The summed E-state index contributed by atoms with van der Waals surface area (Å²) < 4.78 is 18.4. The molecule has 0 atom stereocenters. The van der Waals surface area contributed by atoms with Crippen LogP contribution in [0.1, 0.15) is 70.3 Å². The molecule has 132 valence electrons. The van der Waals surface area contributed by atoms with Crippen molar-refractivity contribution < 1.29 is 9.13 Å². The molecule has 0 aliphatic rings. The van der Waals surface area contributed by atoms with E-state index >= 15 is 0 Å². The Bertz CT molecular complexity index is 366. The maximum atomic E-state index is 12.8. The highest BCUT2D eigenvalue weighted by molar-refractivity contribution is 5.15. The molecule has 23 heavy (non-hydrogen) atoms. The number of halogens is 1. The predicted octanol–water partition coefficient (Wildman–Crippen LogP) is 5.46. The van der Waals surface area contributed by atoms with Crippen LogP contribution in [-0.4, -0.2) is 19.8 Å². The van der Waals surface area contributed by atoms with Gasteiger partial charge in [-0.25, -0.2) is 4.39 Å². The van der Waals surface area contributed by atoms with E-state index in [1.807, 2.05) is 12.1 Å². The van der Waals surface area contributed by atoms with Crippen LogP contribution in [0.15, 0.2) is 24.3 Å². The maximum absolute atomic E-state index is 12.8. The minimum absolute atomic E-state index is 0.182. The second-order valence-corrected chi connectivity index (χ2v) is 6.24. The van der Waals surface area contributed by atoms with Crippen LogP contribution >= 0.6 is 0 Å². The van der Waals surface area contributed by atoms with E-state index in [1.165, 1.54) is 69.9 Å². The van der Waals surface area contributed by atoms with Crippen LogP contribution in [0.2, 0.25) is 0 Å². The molecule has 0 aromatic heterocycles. The van der Waals surface area contributed by atoms with Gasteiger partial charge in [0, 0.05) is 19.7 Å². The Labute approximate surface area is 141 Å². The molecule has 0 amide bonds. The van der Waals surface area contributed by atoms with Crippen molar-refractivity contribution in [1.82, 2.24) is 5.32 Å². The van der Waals surface area contributed by atoms with Gasteiger partial charge in [-0.2, -0.15) is 0 Å². The van der Waals surface area contributed by atoms with E-state index in [4.69, 9.17) is 4.74 Å². The van der Waals surface area contributed by atoms with Crippen molar-refractivity contribution in [2.24, 2.45) is 0 Å². The van der Waals surface area contributed by atoms with Gasteiger partial charge in [0.1, 0.15) is 5.82 Å². The van der Waals surface area contributed by atoms with E-state index in [-0.39, 0.29) is 5.82 Å². The highest BCUT2D eigenvalue weighted by atomic mass is 19.1. The summed E-state index contributed by atoms with van der Waals surface area (Å²) in [6, 6.07) is 6.62. The third-order valence-corrected chi connectivity index (χ3v) is 4.06. The Kier molecular flexibility index (Phi) is 12.8. The summed E-state index contributed by atoms with van der Waals surface area (Å²) in [5.74, 6) is -0.182. The van der Waals surface area contributed by atoms with Crippen LogP contribution < -0.4 is 5.32 Å². The maximum Gasteiger partial charge on any atom is 0.123 e. The molecule has 1 N–H and O–H groups in total. The Morgan fingerprint density at radius 3 is 2.09 bits per heavy atom. The Morgan fingerprint density at radius 2 is 1.43 bits per heavy atom. The highest BCUT2D eigenvalue weighted by Gasteiger charge is 1.95. The van der Waals surface area contributed by atoms with Crippen LogP contribution in [0.4, 0.5) is 4.39 Å². The van der Waals surface area contributed by atoms with Crippen molar-refractivity contribution in [2.45, 2.75) is 71.3 Å². The zero-order chi connectivity index (χ0) is 16.6. The smallest absolute Gasteiger partial charge is 0.123 e. The third kappa shape index (κ3) is 12.2. The molecule has 3 heteroatoms. The molecule has 0 aliphatic heterocycles. The Hall–Kier alpha value is -0.930. The number of rotatable bonds is 15. The fourth-order valence-electron chi connectivity index (χ4n) is 2.60. The van der Waals surface area contributed by atoms with Gasteiger partial charge in [0.25, 0.3) is 0 Å². The van der Waals surface area contributed by atoms with Crippen molar-refractivity contribution in [3.05, 3.63) is 35.6 Å². The molecular formula is C20H34FNO. The van der Waals surface area contributed by atoms with Crippen molar-refractivity contribution in [3.8, 4) is 0 Å². The molecule has 2 nitrogen and oxygen atoms in total. The number of benzene rings is 1. The summed E-state index contributed by atoms with van der Waals surface area (Å²) in [6.07, 6.45) is 12.1. The quantitative estimate of drug-likeness (QED) is 0.433. The Balaban J connectivity index is 1.77. The van der Waals surface area contributed by atoms with E-state index in [0.717, 1.165) is 31.9 Å². The van der Waals surface area contributed by atoms with Crippen molar-refractivity contribution in [1.29, 1.82) is 0 Å². The van der Waals surface area contributed by atoms with E-state index in [2.05, 4.69) is 12.2 Å². The molecule has 0 heterocycles. The van der Waals surface area contributed by atoms with Gasteiger partial charge in [-0.3, -0.25) is 0 Å². The molecule has 0 spiro atoms. The summed E-state index contributed by atoms with van der Waals surface area (Å²) in [6.45, 7) is 5.49. The summed E-state index contributed by atoms with van der Waals surface area (Å²) >= 11 is 0. The molecule has 0 saturated carbocycles. The van der Waals surface area contributed by atoms with Gasteiger partial charge in [-0.15, -0.1) is 0 Å². The summed E-state index contributed by atoms with van der Waals surface area (Å²) in [7, 11) is 0. The zero-order valence-corrected chi connectivity index (χ0v) is 14.8. The van der Waals surface area contributed by atoms with Crippen molar-refractivity contribution in [2.75, 3.05) is 19.8 Å².